The van der Waals surface area contributed by atoms with Crippen LogP contribution in [0, 0.1) is 11.3 Å². The zero-order chi connectivity index (χ0) is 17.2. The average molecular weight is 325 g/mol. The molecule has 0 radical (unpaired) electrons. The summed E-state index contributed by atoms with van der Waals surface area (Å²) >= 11 is 0. The van der Waals surface area contributed by atoms with Crippen molar-refractivity contribution in [2.24, 2.45) is 0 Å². The second-order valence-corrected chi connectivity index (χ2v) is 4.91. The molecule has 6 heteroatoms. The molecule has 0 aliphatic rings. The highest BCUT2D eigenvalue weighted by molar-refractivity contribution is 5.93. The Balaban J connectivity index is 1.66. The number of ether oxygens (including phenoxy) is 2. The van der Waals surface area contributed by atoms with Crippen LogP contribution in [0.5, 0.6) is 11.5 Å². The maximum atomic E-state index is 11.8. The van der Waals surface area contributed by atoms with Crippen LogP contribution in [0.1, 0.15) is 5.56 Å². The Kier molecular flexibility index (Phi) is 6.62. The molecule has 0 spiro atoms. The van der Waals surface area contributed by atoms with E-state index in [1.807, 2.05) is 30.3 Å². The van der Waals surface area contributed by atoms with Gasteiger partial charge >= 0.3 is 0 Å². The fourth-order valence-electron chi connectivity index (χ4n) is 2.00. The van der Waals surface area contributed by atoms with Gasteiger partial charge in [-0.25, -0.2) is 0 Å². The van der Waals surface area contributed by atoms with Crippen LogP contribution in [-0.4, -0.2) is 32.7 Å². The van der Waals surface area contributed by atoms with Gasteiger partial charge in [-0.2, -0.15) is 5.26 Å². The van der Waals surface area contributed by atoms with Crippen LogP contribution in [0.2, 0.25) is 0 Å². The number of hydrogen-bond acceptors (Lipinski definition) is 5. The summed E-state index contributed by atoms with van der Waals surface area (Å²) in [4.78, 5) is 11.8. The van der Waals surface area contributed by atoms with Crippen molar-refractivity contribution in [2.75, 3.05) is 32.1 Å². The zero-order valence-corrected chi connectivity index (χ0v) is 13.4. The van der Waals surface area contributed by atoms with Crippen LogP contribution in [0.3, 0.4) is 0 Å². The first-order valence-electron chi connectivity index (χ1n) is 7.49. The number of nitrogens with one attached hydrogen (secondary N) is 2. The van der Waals surface area contributed by atoms with Crippen LogP contribution in [0.25, 0.3) is 0 Å². The van der Waals surface area contributed by atoms with E-state index in [2.05, 4.69) is 10.6 Å². The lowest BCUT2D eigenvalue weighted by Gasteiger charge is -2.09. The minimum atomic E-state index is -0.206. The van der Waals surface area contributed by atoms with Crippen LogP contribution >= 0.6 is 0 Å². The molecule has 2 N–H and O–H groups in total. The second kappa shape index (κ2) is 9.18. The molecular formula is C18H19N3O3. The van der Waals surface area contributed by atoms with E-state index in [1.54, 1.807) is 31.4 Å². The Bertz CT molecular complexity index is 708. The van der Waals surface area contributed by atoms with Crippen molar-refractivity contribution in [1.82, 2.24) is 5.32 Å². The third-order valence-electron chi connectivity index (χ3n) is 3.21. The molecule has 0 atom stereocenters. The van der Waals surface area contributed by atoms with E-state index in [1.165, 1.54) is 0 Å². The summed E-state index contributed by atoms with van der Waals surface area (Å²) in [6.45, 7) is 1.11. The quantitative estimate of drug-likeness (QED) is 0.727. The molecule has 0 fully saturated rings. The van der Waals surface area contributed by atoms with Gasteiger partial charge in [0.25, 0.3) is 0 Å². The molecular weight excluding hydrogens is 306 g/mol. The van der Waals surface area contributed by atoms with Gasteiger partial charge in [-0.05, 0) is 36.4 Å². The van der Waals surface area contributed by atoms with Crippen LogP contribution in [-0.2, 0) is 4.79 Å². The number of carbonyl (C=O) groups excluding carboxylic acids is 1. The number of para-hydroxylation sites is 1. The third-order valence-corrected chi connectivity index (χ3v) is 3.21. The van der Waals surface area contributed by atoms with Gasteiger partial charge in [0.1, 0.15) is 24.2 Å². The highest BCUT2D eigenvalue weighted by atomic mass is 16.5. The number of methoxy groups -OCH3 is 1. The Labute approximate surface area is 141 Å². The van der Waals surface area contributed by atoms with Gasteiger partial charge in [0.15, 0.2) is 0 Å². The van der Waals surface area contributed by atoms with Gasteiger partial charge in [0.2, 0.25) is 5.91 Å². The van der Waals surface area contributed by atoms with E-state index in [9.17, 15) is 4.79 Å². The molecule has 24 heavy (non-hydrogen) atoms. The van der Waals surface area contributed by atoms with Crippen molar-refractivity contribution in [3.05, 3.63) is 54.1 Å². The van der Waals surface area contributed by atoms with Gasteiger partial charge in [0.05, 0.1) is 24.9 Å². The second-order valence-electron chi connectivity index (χ2n) is 4.91. The van der Waals surface area contributed by atoms with E-state index < -0.39 is 0 Å². The number of nitriles is 1. The molecule has 0 saturated heterocycles. The summed E-state index contributed by atoms with van der Waals surface area (Å²) in [5.74, 6) is 1.31. The molecule has 2 aromatic rings. The van der Waals surface area contributed by atoms with E-state index in [0.29, 0.717) is 24.4 Å². The van der Waals surface area contributed by atoms with Gasteiger partial charge in [-0.3, -0.25) is 4.79 Å². The maximum absolute atomic E-state index is 11.8. The molecule has 2 aromatic carbocycles. The third kappa shape index (κ3) is 5.30. The number of anilines is 1. The van der Waals surface area contributed by atoms with Crippen molar-refractivity contribution in [1.29, 1.82) is 5.26 Å². The van der Waals surface area contributed by atoms with E-state index in [4.69, 9.17) is 14.7 Å². The first-order valence-corrected chi connectivity index (χ1v) is 7.49. The number of nitrogens with zero attached hydrogens (tertiary/aromatic N) is 1. The molecule has 1 amide bonds. The standard InChI is InChI=1S/C18H19N3O3/c1-23-15-6-8-16(9-7-15)24-11-10-20-13-18(22)21-17-5-3-2-4-14(17)12-19/h2-9,20H,10-11,13H2,1H3,(H,21,22). The van der Waals surface area contributed by atoms with Crippen molar-refractivity contribution >= 4 is 11.6 Å². The molecule has 0 aliphatic heterocycles. The van der Waals surface area contributed by atoms with Crippen LogP contribution in [0.15, 0.2) is 48.5 Å². The number of hydrogen-bond donors (Lipinski definition) is 2. The molecule has 0 aromatic heterocycles. The number of carbonyl (C=O) groups is 1. The monoisotopic (exact) mass is 325 g/mol. The Morgan fingerprint density at radius 3 is 2.54 bits per heavy atom. The number of benzene rings is 2. The van der Waals surface area contributed by atoms with Gasteiger partial charge in [-0.15, -0.1) is 0 Å². The van der Waals surface area contributed by atoms with Gasteiger partial charge in [0, 0.05) is 6.54 Å². The Hall–Kier alpha value is -3.04. The Morgan fingerprint density at radius 1 is 1.12 bits per heavy atom. The minimum absolute atomic E-state index is 0.145. The largest absolute Gasteiger partial charge is 0.497 e. The minimum Gasteiger partial charge on any atom is -0.497 e. The first-order chi connectivity index (χ1) is 11.7. The SMILES string of the molecule is COc1ccc(OCCNCC(=O)Nc2ccccc2C#N)cc1. The summed E-state index contributed by atoms with van der Waals surface area (Å²) < 4.78 is 10.6. The van der Waals surface area contributed by atoms with Gasteiger partial charge < -0.3 is 20.1 Å². The van der Waals surface area contributed by atoms with Gasteiger partial charge in [-0.1, -0.05) is 12.1 Å². The fourth-order valence-corrected chi connectivity index (χ4v) is 2.00. The summed E-state index contributed by atoms with van der Waals surface area (Å²) in [7, 11) is 1.61. The lowest BCUT2D eigenvalue weighted by molar-refractivity contribution is -0.115. The number of amides is 1. The van der Waals surface area contributed by atoms with Crippen molar-refractivity contribution < 1.29 is 14.3 Å². The van der Waals surface area contributed by atoms with Crippen molar-refractivity contribution in [3.8, 4) is 17.6 Å². The normalized spacial score (nSPS) is 9.83. The molecule has 2 rings (SSSR count). The lowest BCUT2D eigenvalue weighted by Crippen LogP contribution is -2.31. The smallest absolute Gasteiger partial charge is 0.238 e. The molecule has 0 unspecified atom stereocenters. The first kappa shape index (κ1) is 17.3. The molecule has 0 bridgehead atoms. The highest BCUT2D eigenvalue weighted by Gasteiger charge is 2.05. The maximum Gasteiger partial charge on any atom is 0.238 e. The predicted octanol–water partition coefficient (Wildman–Crippen LogP) is 2.17. The summed E-state index contributed by atoms with van der Waals surface area (Å²) in [5.41, 5.74) is 0.954. The molecule has 0 aliphatic carbocycles. The zero-order valence-electron chi connectivity index (χ0n) is 13.4. The lowest BCUT2D eigenvalue weighted by atomic mass is 10.2. The molecule has 0 heterocycles. The van der Waals surface area contributed by atoms with E-state index >= 15 is 0 Å². The predicted molar refractivity (Wildman–Crippen MR) is 91.1 cm³/mol. The number of rotatable bonds is 8. The van der Waals surface area contributed by atoms with Crippen molar-refractivity contribution in [3.63, 3.8) is 0 Å². The summed E-state index contributed by atoms with van der Waals surface area (Å²) in [6, 6.07) is 16.2. The summed E-state index contributed by atoms with van der Waals surface area (Å²) in [6.07, 6.45) is 0. The van der Waals surface area contributed by atoms with Crippen molar-refractivity contribution in [2.45, 2.75) is 0 Å². The Morgan fingerprint density at radius 2 is 1.83 bits per heavy atom. The fraction of sp³-hybridized carbons (Fsp3) is 0.222. The summed E-state index contributed by atoms with van der Waals surface area (Å²) in [5, 5.41) is 14.7. The average Bonchev–Trinajstić information content (AvgIpc) is 2.62. The van der Waals surface area contributed by atoms with Crippen LogP contribution < -0.4 is 20.1 Å². The molecule has 124 valence electrons. The topological polar surface area (TPSA) is 83.4 Å². The molecule has 0 saturated carbocycles. The molecule has 6 nitrogen and oxygen atoms in total. The van der Waals surface area contributed by atoms with E-state index in [0.717, 1.165) is 11.5 Å². The van der Waals surface area contributed by atoms with E-state index in [-0.39, 0.29) is 12.5 Å². The van der Waals surface area contributed by atoms with Crippen LogP contribution in [0.4, 0.5) is 5.69 Å². The highest BCUT2D eigenvalue weighted by Crippen LogP contribution is 2.16.